The van der Waals surface area contributed by atoms with Crippen molar-refractivity contribution in [1.29, 1.82) is 0 Å². The number of hydrogen-bond donors (Lipinski definition) is 4. The zero-order valence-electron chi connectivity index (χ0n) is 28.5. The number of halogens is 1. The number of aliphatic carboxylic acids is 3. The Balaban J connectivity index is 0.000000543. The van der Waals surface area contributed by atoms with E-state index in [9.17, 15) is 14.4 Å². The molecule has 3 aromatic rings. The highest BCUT2D eigenvalue weighted by Gasteiger charge is 2.40. The molecule has 0 amide bonds. The van der Waals surface area contributed by atoms with Crippen LogP contribution in [0, 0.1) is 0 Å². The second-order valence-electron chi connectivity index (χ2n) is 11.8. The maximum atomic E-state index is 10.3. The summed E-state index contributed by atoms with van der Waals surface area (Å²) in [5, 5.41) is 34.6. The van der Waals surface area contributed by atoms with Gasteiger partial charge in [0.05, 0.1) is 24.5 Å². The normalized spacial score (nSPS) is 11.7. The van der Waals surface area contributed by atoms with Gasteiger partial charge < -0.3 is 30.1 Å². The van der Waals surface area contributed by atoms with Crippen molar-refractivity contribution in [3.8, 4) is 5.75 Å². The summed E-state index contributed by atoms with van der Waals surface area (Å²) in [5.41, 5.74) is 1.50. The summed E-state index contributed by atoms with van der Waals surface area (Å²) in [4.78, 5) is 33.0. The van der Waals surface area contributed by atoms with Crippen LogP contribution in [0.2, 0.25) is 0 Å². The van der Waals surface area contributed by atoms with E-state index in [1.165, 1.54) is 58.2 Å². The number of ether oxygens (including phenoxy) is 1. The fourth-order valence-corrected chi connectivity index (χ4v) is 5.58. The van der Waals surface area contributed by atoms with E-state index in [1.54, 1.807) is 0 Å². The van der Waals surface area contributed by atoms with Crippen molar-refractivity contribution in [1.82, 2.24) is 4.90 Å². The molecule has 0 saturated heterocycles. The Hall–Kier alpha value is -4.18. The van der Waals surface area contributed by atoms with Gasteiger partial charge in [0.25, 0.3) is 0 Å². The number of carboxylic acids is 3. The van der Waals surface area contributed by atoms with E-state index in [0.29, 0.717) is 0 Å². The van der Waals surface area contributed by atoms with Gasteiger partial charge in [0.2, 0.25) is 0 Å². The largest absolute Gasteiger partial charge is 0.494 e. The van der Waals surface area contributed by atoms with Crippen molar-refractivity contribution in [2.45, 2.75) is 77.2 Å². The summed E-state index contributed by atoms with van der Waals surface area (Å²) in [5.74, 6) is -4.10. The van der Waals surface area contributed by atoms with Crippen LogP contribution in [0.1, 0.15) is 88.3 Å². The SMILES string of the molecule is CCN(CC)CCCCCCCCCOc1ccc(/C(=C(\Cl)c2ccccc2)c2ccccc2)cc1.O=C(O)CC(O)(CC(=O)O)C(=O)O. The van der Waals surface area contributed by atoms with Gasteiger partial charge in [-0.15, -0.1) is 0 Å². The molecular weight excluding hydrogens is 646 g/mol. The molecule has 9 nitrogen and oxygen atoms in total. The number of rotatable bonds is 21. The van der Waals surface area contributed by atoms with E-state index >= 15 is 0 Å². The Kier molecular flexibility index (Phi) is 18.8. The third kappa shape index (κ3) is 15.3. The second-order valence-corrected chi connectivity index (χ2v) is 12.2. The molecule has 0 unspecified atom stereocenters. The molecule has 0 aliphatic heterocycles. The first-order valence-electron chi connectivity index (χ1n) is 16.9. The summed E-state index contributed by atoms with van der Waals surface area (Å²) in [6.07, 6.45) is 6.74. The molecule has 0 aromatic heterocycles. The van der Waals surface area contributed by atoms with Crippen LogP contribution in [0.15, 0.2) is 84.9 Å². The van der Waals surface area contributed by atoms with Gasteiger partial charge >= 0.3 is 17.9 Å². The topological polar surface area (TPSA) is 145 Å². The summed E-state index contributed by atoms with van der Waals surface area (Å²) >= 11 is 6.93. The number of hydrogen-bond acceptors (Lipinski definition) is 6. The second kappa shape index (κ2) is 22.5. The Morgan fingerprint density at radius 1 is 0.653 bits per heavy atom. The van der Waals surface area contributed by atoms with Crippen LogP contribution < -0.4 is 4.74 Å². The van der Waals surface area contributed by atoms with Crippen LogP contribution in [-0.2, 0) is 14.4 Å². The molecular formula is C39H50ClNO8. The molecule has 0 saturated carbocycles. The van der Waals surface area contributed by atoms with E-state index in [4.69, 9.17) is 36.8 Å². The molecule has 3 rings (SSSR count). The number of nitrogens with zero attached hydrogens (tertiary/aromatic N) is 1. The highest BCUT2D eigenvalue weighted by atomic mass is 35.5. The predicted octanol–water partition coefficient (Wildman–Crippen LogP) is 8.04. The molecule has 0 aliphatic rings. The van der Waals surface area contributed by atoms with Gasteiger partial charge in [-0.05, 0) is 61.3 Å². The van der Waals surface area contributed by atoms with Crippen molar-refractivity contribution >= 4 is 40.1 Å². The predicted molar refractivity (Wildman–Crippen MR) is 194 cm³/mol. The van der Waals surface area contributed by atoms with Gasteiger partial charge in [-0.1, -0.05) is 130 Å². The lowest BCUT2D eigenvalue weighted by Gasteiger charge is -2.18. The first kappa shape index (κ1) is 41.0. The van der Waals surface area contributed by atoms with Gasteiger partial charge in [-0.3, -0.25) is 9.59 Å². The highest BCUT2D eigenvalue weighted by Crippen LogP contribution is 2.35. The first-order valence-corrected chi connectivity index (χ1v) is 17.2. The van der Waals surface area contributed by atoms with E-state index in [1.807, 2.05) is 36.4 Å². The number of carbonyl (C=O) groups is 3. The van der Waals surface area contributed by atoms with E-state index in [-0.39, 0.29) is 0 Å². The van der Waals surface area contributed by atoms with E-state index < -0.39 is 36.4 Å². The number of aliphatic hydroxyl groups is 1. The third-order valence-electron chi connectivity index (χ3n) is 8.02. The highest BCUT2D eigenvalue weighted by molar-refractivity contribution is 6.53. The summed E-state index contributed by atoms with van der Waals surface area (Å²) in [6, 6.07) is 28.8. The lowest BCUT2D eigenvalue weighted by atomic mass is 9.95. The molecule has 0 atom stereocenters. The van der Waals surface area contributed by atoms with E-state index in [2.05, 4.69) is 67.3 Å². The molecule has 0 spiro atoms. The Bertz CT molecular complexity index is 1420. The Morgan fingerprint density at radius 3 is 1.57 bits per heavy atom. The summed E-state index contributed by atoms with van der Waals surface area (Å²) < 4.78 is 6.03. The molecule has 0 heterocycles. The first-order chi connectivity index (χ1) is 23.5. The smallest absolute Gasteiger partial charge is 0.336 e. The van der Waals surface area contributed by atoms with Gasteiger partial charge in [0.15, 0.2) is 5.60 Å². The number of unbranched alkanes of at least 4 members (excludes halogenated alkanes) is 6. The van der Waals surface area contributed by atoms with Crippen LogP contribution >= 0.6 is 11.6 Å². The molecule has 0 bridgehead atoms. The molecule has 10 heteroatoms. The minimum atomic E-state index is -2.74. The minimum absolute atomic E-state index is 0.753. The maximum Gasteiger partial charge on any atom is 0.336 e. The van der Waals surface area contributed by atoms with Gasteiger partial charge in [0, 0.05) is 5.57 Å². The third-order valence-corrected chi connectivity index (χ3v) is 8.43. The van der Waals surface area contributed by atoms with Gasteiger partial charge in [-0.2, -0.15) is 0 Å². The van der Waals surface area contributed by atoms with Gasteiger partial charge in [-0.25, -0.2) is 4.79 Å². The van der Waals surface area contributed by atoms with Crippen molar-refractivity contribution in [3.05, 3.63) is 102 Å². The average molecular weight is 696 g/mol. The number of carboxylic acid groups (broad SMARTS) is 3. The fraction of sp³-hybridized carbons (Fsp3) is 0.410. The molecule has 266 valence electrons. The van der Waals surface area contributed by atoms with Gasteiger partial charge in [0.1, 0.15) is 5.75 Å². The Labute approximate surface area is 294 Å². The minimum Gasteiger partial charge on any atom is -0.494 e. The van der Waals surface area contributed by atoms with Crippen molar-refractivity contribution in [2.24, 2.45) is 0 Å². The van der Waals surface area contributed by atoms with E-state index in [0.717, 1.165) is 46.1 Å². The van der Waals surface area contributed by atoms with Crippen LogP contribution in [0.3, 0.4) is 0 Å². The van der Waals surface area contributed by atoms with Crippen molar-refractivity contribution < 1.29 is 39.5 Å². The summed E-state index contributed by atoms with van der Waals surface area (Å²) in [7, 11) is 0. The van der Waals surface area contributed by atoms with Crippen LogP contribution in [0.5, 0.6) is 5.75 Å². The Morgan fingerprint density at radius 2 is 1.10 bits per heavy atom. The monoisotopic (exact) mass is 695 g/mol. The molecule has 3 aromatic carbocycles. The maximum absolute atomic E-state index is 10.3. The fourth-order valence-electron chi connectivity index (χ4n) is 5.24. The molecule has 0 fully saturated rings. The van der Waals surface area contributed by atoms with Crippen LogP contribution in [0.4, 0.5) is 0 Å². The molecule has 0 radical (unpaired) electrons. The van der Waals surface area contributed by atoms with Crippen molar-refractivity contribution in [3.63, 3.8) is 0 Å². The lowest BCUT2D eigenvalue weighted by molar-refractivity contribution is -0.170. The quantitative estimate of drug-likeness (QED) is 0.0643. The average Bonchev–Trinajstić information content (AvgIpc) is 3.08. The molecule has 4 N–H and O–H groups in total. The zero-order valence-corrected chi connectivity index (χ0v) is 29.3. The van der Waals surface area contributed by atoms with Crippen LogP contribution in [-0.4, -0.2) is 75.1 Å². The number of benzene rings is 3. The molecule has 49 heavy (non-hydrogen) atoms. The lowest BCUT2D eigenvalue weighted by Crippen LogP contribution is -2.42. The summed E-state index contributed by atoms with van der Waals surface area (Å²) in [6.45, 7) is 8.87. The molecule has 0 aliphatic carbocycles. The standard InChI is InChI=1S/C33H42ClNO.C6H8O7/c1-3-35(4-2)26-16-8-6-5-7-9-17-27-36-31-24-22-29(23-25-31)32(28-18-12-10-13-19-28)33(34)30-20-14-11-15-21-30;7-3(8)1-6(13,5(11)12)2-4(9)10/h10-15,18-25H,3-9,16-17,26-27H2,1-2H3;13H,1-2H2,(H,7,8)(H,9,10)(H,11,12)/b33-32-;. The van der Waals surface area contributed by atoms with Crippen LogP contribution in [0.25, 0.3) is 10.6 Å². The zero-order chi connectivity index (χ0) is 36.1. The van der Waals surface area contributed by atoms with Crippen molar-refractivity contribution in [2.75, 3.05) is 26.2 Å².